The fourth-order valence-corrected chi connectivity index (χ4v) is 4.33. The molecule has 31 heavy (non-hydrogen) atoms. The van der Waals surface area contributed by atoms with Crippen LogP contribution in [-0.2, 0) is 21.9 Å². The van der Waals surface area contributed by atoms with Crippen molar-refractivity contribution in [1.82, 2.24) is 10.2 Å². The number of unbranched alkanes of at least 4 members (excludes halogenated alkanes) is 1. The number of hydrogen-bond acceptors (Lipinski definition) is 3. The first kappa shape index (κ1) is 26.0. The molecule has 2 aromatic carbocycles. The van der Waals surface area contributed by atoms with Crippen LogP contribution in [0.5, 0.6) is 0 Å². The third-order valence-electron chi connectivity index (χ3n) is 4.74. The topological polar surface area (TPSA) is 49.4 Å². The van der Waals surface area contributed by atoms with Crippen LogP contribution in [0.4, 0.5) is 0 Å². The van der Waals surface area contributed by atoms with E-state index in [9.17, 15) is 9.59 Å². The van der Waals surface area contributed by atoms with Gasteiger partial charge in [-0.25, -0.2) is 0 Å². The Bertz CT molecular complexity index is 880. The second-order valence-corrected chi connectivity index (χ2v) is 9.93. The number of carbonyl (C=O) groups excluding carboxylic acids is 2. The van der Waals surface area contributed by atoms with E-state index in [1.165, 1.54) is 11.8 Å². The zero-order valence-electron chi connectivity index (χ0n) is 17.7. The van der Waals surface area contributed by atoms with Gasteiger partial charge in [0, 0.05) is 23.3 Å². The molecule has 2 rings (SSSR count). The van der Waals surface area contributed by atoms with Gasteiger partial charge in [0.2, 0.25) is 11.8 Å². The maximum absolute atomic E-state index is 13.1. The molecule has 1 N–H and O–H groups in total. The maximum atomic E-state index is 13.1. The molecule has 0 fully saturated rings. The third-order valence-corrected chi connectivity index (χ3v) is 7.00. The standard InChI is InChI=1S/C23H27BrCl2N2O2S/c1-3-4-11-27-23(30)16(2)28(13-18-7-10-20(25)21(26)12-18)22(29)15-31-14-17-5-8-19(24)9-6-17/h5-10,12,16H,3-4,11,13-15H2,1-2H3,(H,27,30)/t16-/m1/s1. The zero-order valence-corrected chi connectivity index (χ0v) is 21.6. The Morgan fingerprint density at radius 2 is 1.77 bits per heavy atom. The number of rotatable bonds is 11. The molecule has 0 unspecified atom stereocenters. The summed E-state index contributed by atoms with van der Waals surface area (Å²) >= 11 is 17.1. The molecule has 0 aromatic heterocycles. The van der Waals surface area contributed by atoms with Gasteiger partial charge < -0.3 is 10.2 Å². The molecule has 0 aliphatic carbocycles. The van der Waals surface area contributed by atoms with Gasteiger partial charge in [-0.2, -0.15) is 0 Å². The van der Waals surface area contributed by atoms with Crippen molar-refractivity contribution in [2.24, 2.45) is 0 Å². The van der Waals surface area contributed by atoms with Crippen LogP contribution in [-0.4, -0.2) is 35.1 Å². The summed E-state index contributed by atoms with van der Waals surface area (Å²) in [5.41, 5.74) is 1.97. The predicted molar refractivity (Wildman–Crippen MR) is 135 cm³/mol. The highest BCUT2D eigenvalue weighted by molar-refractivity contribution is 9.10. The first-order valence-electron chi connectivity index (χ1n) is 10.1. The van der Waals surface area contributed by atoms with Crippen LogP contribution in [0.25, 0.3) is 0 Å². The maximum Gasteiger partial charge on any atom is 0.242 e. The fraction of sp³-hybridized carbons (Fsp3) is 0.391. The molecule has 0 spiro atoms. The molecule has 0 aliphatic heterocycles. The Morgan fingerprint density at radius 1 is 1.10 bits per heavy atom. The molecule has 8 heteroatoms. The summed E-state index contributed by atoms with van der Waals surface area (Å²) in [5, 5.41) is 3.81. The molecular formula is C23H27BrCl2N2O2S. The van der Waals surface area contributed by atoms with Gasteiger partial charge in [-0.05, 0) is 48.7 Å². The molecule has 0 bridgehead atoms. The normalized spacial score (nSPS) is 11.8. The minimum Gasteiger partial charge on any atom is -0.354 e. The first-order valence-corrected chi connectivity index (χ1v) is 12.9. The fourth-order valence-electron chi connectivity index (χ4n) is 2.87. The van der Waals surface area contributed by atoms with Crippen molar-refractivity contribution in [3.05, 3.63) is 68.1 Å². The number of carbonyl (C=O) groups is 2. The van der Waals surface area contributed by atoms with Crippen molar-refractivity contribution in [1.29, 1.82) is 0 Å². The summed E-state index contributed by atoms with van der Waals surface area (Å²) in [5.74, 6) is 0.756. The Morgan fingerprint density at radius 3 is 2.42 bits per heavy atom. The Hall–Kier alpha value is -1.21. The van der Waals surface area contributed by atoms with E-state index in [0.29, 0.717) is 16.6 Å². The van der Waals surface area contributed by atoms with Crippen molar-refractivity contribution in [2.75, 3.05) is 12.3 Å². The van der Waals surface area contributed by atoms with Crippen molar-refractivity contribution >= 4 is 62.7 Å². The van der Waals surface area contributed by atoms with Crippen LogP contribution >= 0.6 is 50.9 Å². The minimum absolute atomic E-state index is 0.0914. The highest BCUT2D eigenvalue weighted by Crippen LogP contribution is 2.24. The molecule has 168 valence electrons. The lowest BCUT2D eigenvalue weighted by molar-refractivity contribution is -0.138. The van der Waals surface area contributed by atoms with Gasteiger partial charge in [-0.1, -0.05) is 70.7 Å². The van der Waals surface area contributed by atoms with E-state index in [1.54, 1.807) is 24.0 Å². The predicted octanol–water partition coefficient (Wildman–Crippen LogP) is 6.32. The lowest BCUT2D eigenvalue weighted by Gasteiger charge is -2.29. The molecule has 1 atom stereocenters. The van der Waals surface area contributed by atoms with E-state index in [-0.39, 0.29) is 24.1 Å². The van der Waals surface area contributed by atoms with E-state index >= 15 is 0 Å². The summed E-state index contributed by atoms with van der Waals surface area (Å²) < 4.78 is 1.02. The molecule has 2 amide bonds. The van der Waals surface area contributed by atoms with Crippen LogP contribution in [0.15, 0.2) is 46.9 Å². The van der Waals surface area contributed by atoms with Gasteiger partial charge in [0.05, 0.1) is 15.8 Å². The number of hydrogen-bond donors (Lipinski definition) is 1. The van der Waals surface area contributed by atoms with Gasteiger partial charge in [0.1, 0.15) is 6.04 Å². The SMILES string of the molecule is CCCCNC(=O)[C@@H](C)N(Cc1ccc(Cl)c(Cl)c1)C(=O)CSCc1ccc(Br)cc1. The zero-order chi connectivity index (χ0) is 22.8. The smallest absolute Gasteiger partial charge is 0.242 e. The molecular weight excluding hydrogens is 519 g/mol. The van der Waals surface area contributed by atoms with Crippen LogP contribution in [0, 0.1) is 0 Å². The largest absolute Gasteiger partial charge is 0.354 e. The number of halogens is 3. The summed E-state index contributed by atoms with van der Waals surface area (Å²) in [4.78, 5) is 27.3. The van der Waals surface area contributed by atoms with Crippen LogP contribution in [0.2, 0.25) is 10.0 Å². The number of nitrogens with one attached hydrogen (secondary N) is 1. The van der Waals surface area contributed by atoms with Crippen LogP contribution < -0.4 is 5.32 Å². The molecule has 0 radical (unpaired) electrons. The van der Waals surface area contributed by atoms with Crippen molar-refractivity contribution in [3.8, 4) is 0 Å². The van der Waals surface area contributed by atoms with Crippen molar-refractivity contribution in [2.45, 2.75) is 45.0 Å². The Kier molecular flexibility index (Phi) is 11.2. The van der Waals surface area contributed by atoms with Crippen molar-refractivity contribution < 1.29 is 9.59 Å². The molecule has 2 aromatic rings. The van der Waals surface area contributed by atoms with Gasteiger partial charge in [0.25, 0.3) is 0 Å². The second kappa shape index (κ2) is 13.4. The molecule has 4 nitrogen and oxygen atoms in total. The summed E-state index contributed by atoms with van der Waals surface area (Å²) in [6.07, 6.45) is 1.90. The third kappa shape index (κ3) is 8.68. The highest BCUT2D eigenvalue weighted by atomic mass is 79.9. The molecule has 0 aliphatic rings. The lowest BCUT2D eigenvalue weighted by Crippen LogP contribution is -2.48. The second-order valence-electron chi connectivity index (χ2n) is 7.21. The Balaban J connectivity index is 2.06. The average molecular weight is 546 g/mol. The molecule has 0 saturated carbocycles. The van der Waals surface area contributed by atoms with Gasteiger partial charge in [-0.3, -0.25) is 9.59 Å². The van der Waals surface area contributed by atoms with E-state index in [2.05, 4.69) is 28.2 Å². The minimum atomic E-state index is -0.591. The van der Waals surface area contributed by atoms with E-state index < -0.39 is 6.04 Å². The molecule has 0 saturated heterocycles. The number of thioether (sulfide) groups is 1. The van der Waals surface area contributed by atoms with E-state index in [0.717, 1.165) is 34.2 Å². The first-order chi connectivity index (χ1) is 14.8. The lowest BCUT2D eigenvalue weighted by atomic mass is 10.1. The van der Waals surface area contributed by atoms with E-state index in [4.69, 9.17) is 23.2 Å². The quantitative estimate of drug-likeness (QED) is 0.336. The summed E-state index contributed by atoms with van der Waals surface area (Å²) in [6, 6.07) is 12.7. The number of amides is 2. The number of benzene rings is 2. The highest BCUT2D eigenvalue weighted by Gasteiger charge is 2.26. The summed E-state index contributed by atoms with van der Waals surface area (Å²) in [6.45, 7) is 4.72. The van der Waals surface area contributed by atoms with Crippen LogP contribution in [0.3, 0.4) is 0 Å². The monoisotopic (exact) mass is 544 g/mol. The average Bonchev–Trinajstić information content (AvgIpc) is 2.75. The van der Waals surface area contributed by atoms with Gasteiger partial charge >= 0.3 is 0 Å². The Labute approximate surface area is 207 Å². The van der Waals surface area contributed by atoms with Gasteiger partial charge in [-0.15, -0.1) is 11.8 Å². The number of nitrogens with zero attached hydrogens (tertiary/aromatic N) is 1. The summed E-state index contributed by atoms with van der Waals surface area (Å²) in [7, 11) is 0. The van der Waals surface area contributed by atoms with Crippen LogP contribution in [0.1, 0.15) is 37.8 Å². The van der Waals surface area contributed by atoms with E-state index in [1.807, 2.05) is 30.3 Å². The molecule has 0 heterocycles. The van der Waals surface area contributed by atoms with Gasteiger partial charge in [0.15, 0.2) is 0 Å². The van der Waals surface area contributed by atoms with Crippen molar-refractivity contribution in [3.63, 3.8) is 0 Å².